The first-order valence-corrected chi connectivity index (χ1v) is 4.55. The Labute approximate surface area is 92.8 Å². The van der Waals surface area contributed by atoms with Crippen LogP contribution in [-0.4, -0.2) is 27.4 Å². The van der Waals surface area contributed by atoms with Crippen LogP contribution >= 0.6 is 0 Å². The van der Waals surface area contributed by atoms with Crippen molar-refractivity contribution >= 4 is 12.2 Å². The monoisotopic (exact) mass is 220 g/mol. The van der Waals surface area contributed by atoms with Crippen molar-refractivity contribution in [3.63, 3.8) is 0 Å². The van der Waals surface area contributed by atoms with Crippen molar-refractivity contribution in [1.29, 1.82) is 0 Å². The molecule has 5 nitrogen and oxygen atoms in total. The number of aromatic nitrogens is 1. The summed E-state index contributed by atoms with van der Waals surface area (Å²) in [6.07, 6.45) is 2.86. The van der Waals surface area contributed by atoms with Crippen LogP contribution in [0.1, 0.15) is 16.8 Å². The smallest absolute Gasteiger partial charge is 0.353 e. The fraction of sp³-hybridized carbons (Fsp3) is 0.182. The summed E-state index contributed by atoms with van der Waals surface area (Å²) in [5, 5.41) is 18.3. The molecule has 1 rings (SSSR count). The maximum absolute atomic E-state index is 10.5. The number of carboxylic acid groups (broad SMARTS) is 1. The number of aliphatic carboxylic acids is 1. The molecule has 0 spiro atoms. The van der Waals surface area contributed by atoms with Gasteiger partial charge in [-0.3, -0.25) is 4.98 Å². The van der Waals surface area contributed by atoms with Crippen LogP contribution in [0.3, 0.4) is 0 Å². The molecule has 0 aliphatic rings. The number of carboxylic acids is 1. The van der Waals surface area contributed by atoms with Crippen LogP contribution in [0.5, 0.6) is 5.75 Å². The van der Waals surface area contributed by atoms with E-state index in [9.17, 15) is 9.90 Å². The van der Waals surface area contributed by atoms with Crippen LogP contribution in [0.4, 0.5) is 0 Å². The first kappa shape index (κ1) is 11.9. The molecule has 0 saturated heterocycles. The number of carbonyl (C=O) groups is 1. The average molecular weight is 220 g/mol. The lowest BCUT2D eigenvalue weighted by Gasteiger charge is -2.04. The lowest BCUT2D eigenvalue weighted by atomic mass is 10.1. The normalized spacial score (nSPS) is 10.6. The lowest BCUT2D eigenvalue weighted by molar-refractivity contribution is -0.132. The van der Waals surface area contributed by atoms with Crippen LogP contribution in [-0.2, 0) is 4.79 Å². The Hall–Kier alpha value is -2.17. The van der Waals surface area contributed by atoms with Gasteiger partial charge < -0.3 is 10.2 Å². The van der Waals surface area contributed by atoms with Gasteiger partial charge in [0.25, 0.3) is 0 Å². The van der Waals surface area contributed by atoms with E-state index >= 15 is 0 Å². The van der Waals surface area contributed by atoms with Crippen molar-refractivity contribution in [2.24, 2.45) is 4.99 Å². The minimum atomic E-state index is -1.20. The van der Waals surface area contributed by atoms with E-state index in [0.29, 0.717) is 16.8 Å². The second-order valence-electron chi connectivity index (χ2n) is 3.30. The van der Waals surface area contributed by atoms with Crippen molar-refractivity contribution in [1.82, 2.24) is 4.98 Å². The Balaban J connectivity index is 3.11. The van der Waals surface area contributed by atoms with Crippen LogP contribution < -0.4 is 0 Å². The SMILES string of the molecule is C=C(N=Cc1c(C)cnc(C)c1O)C(=O)O. The Bertz CT molecular complexity index is 478. The zero-order valence-corrected chi connectivity index (χ0v) is 9.06. The van der Waals surface area contributed by atoms with E-state index in [1.807, 2.05) is 0 Å². The summed E-state index contributed by atoms with van der Waals surface area (Å²) in [5.74, 6) is -1.19. The van der Waals surface area contributed by atoms with Crippen LogP contribution in [0, 0.1) is 13.8 Å². The van der Waals surface area contributed by atoms with Crippen molar-refractivity contribution in [3.8, 4) is 5.75 Å². The molecule has 0 fully saturated rings. The summed E-state index contributed by atoms with van der Waals surface area (Å²) >= 11 is 0. The molecule has 0 unspecified atom stereocenters. The fourth-order valence-corrected chi connectivity index (χ4v) is 1.07. The molecule has 84 valence electrons. The number of nitrogens with zero attached hydrogens (tertiary/aromatic N) is 2. The van der Waals surface area contributed by atoms with Gasteiger partial charge in [0.15, 0.2) is 0 Å². The quantitative estimate of drug-likeness (QED) is 0.596. The third-order valence-electron chi connectivity index (χ3n) is 2.07. The standard InChI is InChI=1S/C11H12N2O3/c1-6-4-12-7(2)10(14)9(6)5-13-8(3)11(15)16/h4-5,14H,3H2,1-2H3,(H,15,16). The number of aromatic hydroxyl groups is 1. The van der Waals surface area contributed by atoms with E-state index < -0.39 is 5.97 Å². The second kappa shape index (κ2) is 4.57. The Morgan fingerprint density at radius 1 is 1.56 bits per heavy atom. The third kappa shape index (κ3) is 2.44. The van der Waals surface area contributed by atoms with Gasteiger partial charge in [0.2, 0.25) is 0 Å². The molecule has 0 amide bonds. The predicted octanol–water partition coefficient (Wildman–Crippen LogP) is 1.42. The van der Waals surface area contributed by atoms with Crippen LogP contribution in [0.15, 0.2) is 23.5 Å². The molecule has 0 radical (unpaired) electrons. The van der Waals surface area contributed by atoms with Gasteiger partial charge in [-0.25, -0.2) is 9.79 Å². The molecule has 0 saturated carbocycles. The molecule has 0 aliphatic carbocycles. The molecule has 2 N–H and O–H groups in total. The van der Waals surface area contributed by atoms with Crippen LogP contribution in [0.2, 0.25) is 0 Å². The highest BCUT2D eigenvalue weighted by molar-refractivity contribution is 5.92. The minimum absolute atomic E-state index is 0.00180. The Morgan fingerprint density at radius 2 is 2.19 bits per heavy atom. The summed E-state index contributed by atoms with van der Waals surface area (Å²) < 4.78 is 0. The summed E-state index contributed by atoms with van der Waals surface area (Å²) in [5.41, 5.74) is 1.35. The number of hydrogen-bond acceptors (Lipinski definition) is 4. The van der Waals surface area contributed by atoms with Gasteiger partial charge in [0.1, 0.15) is 11.4 Å². The Kier molecular flexibility index (Phi) is 3.40. The average Bonchev–Trinajstić information content (AvgIpc) is 2.23. The van der Waals surface area contributed by atoms with E-state index in [1.165, 1.54) is 6.21 Å². The van der Waals surface area contributed by atoms with E-state index in [0.717, 1.165) is 0 Å². The molecule has 0 aliphatic heterocycles. The summed E-state index contributed by atoms with van der Waals surface area (Å²) in [6, 6.07) is 0. The maximum Gasteiger partial charge on any atom is 0.353 e. The van der Waals surface area contributed by atoms with Gasteiger partial charge in [0.05, 0.1) is 5.69 Å². The van der Waals surface area contributed by atoms with Gasteiger partial charge in [0, 0.05) is 18.0 Å². The van der Waals surface area contributed by atoms with Crippen molar-refractivity contribution < 1.29 is 15.0 Å². The van der Waals surface area contributed by atoms with Crippen molar-refractivity contribution in [2.45, 2.75) is 13.8 Å². The molecule has 1 heterocycles. The van der Waals surface area contributed by atoms with Crippen molar-refractivity contribution in [3.05, 3.63) is 35.3 Å². The molecule has 1 aromatic heterocycles. The first-order chi connectivity index (χ1) is 7.43. The second-order valence-corrected chi connectivity index (χ2v) is 3.30. The minimum Gasteiger partial charge on any atom is -0.505 e. The zero-order chi connectivity index (χ0) is 12.3. The number of hydrogen-bond donors (Lipinski definition) is 2. The topological polar surface area (TPSA) is 82.8 Å². The highest BCUT2D eigenvalue weighted by Crippen LogP contribution is 2.21. The predicted molar refractivity (Wildman–Crippen MR) is 59.7 cm³/mol. The Morgan fingerprint density at radius 3 is 2.75 bits per heavy atom. The summed E-state index contributed by atoms with van der Waals surface area (Å²) in [7, 11) is 0. The lowest BCUT2D eigenvalue weighted by Crippen LogP contribution is -1.98. The third-order valence-corrected chi connectivity index (χ3v) is 2.07. The summed E-state index contributed by atoms with van der Waals surface area (Å²) in [6.45, 7) is 6.65. The molecule has 0 bridgehead atoms. The van der Waals surface area contributed by atoms with E-state index in [4.69, 9.17) is 5.11 Å². The van der Waals surface area contributed by atoms with Gasteiger partial charge in [-0.15, -0.1) is 0 Å². The van der Waals surface area contributed by atoms with Crippen molar-refractivity contribution in [2.75, 3.05) is 0 Å². The van der Waals surface area contributed by atoms with E-state index in [2.05, 4.69) is 16.6 Å². The van der Waals surface area contributed by atoms with Crippen LogP contribution in [0.25, 0.3) is 0 Å². The molecule has 0 aromatic carbocycles. The number of pyridine rings is 1. The molecule has 5 heteroatoms. The summed E-state index contributed by atoms with van der Waals surface area (Å²) in [4.78, 5) is 18.1. The first-order valence-electron chi connectivity index (χ1n) is 4.55. The number of aryl methyl sites for hydroxylation is 2. The molecular formula is C11H12N2O3. The molecule has 1 aromatic rings. The largest absolute Gasteiger partial charge is 0.505 e. The fourth-order valence-electron chi connectivity index (χ4n) is 1.07. The van der Waals surface area contributed by atoms with Gasteiger partial charge >= 0.3 is 5.97 Å². The van der Waals surface area contributed by atoms with E-state index in [-0.39, 0.29) is 11.4 Å². The molecule has 16 heavy (non-hydrogen) atoms. The van der Waals surface area contributed by atoms with Gasteiger partial charge in [-0.2, -0.15) is 0 Å². The molecular weight excluding hydrogens is 208 g/mol. The highest BCUT2D eigenvalue weighted by atomic mass is 16.4. The highest BCUT2D eigenvalue weighted by Gasteiger charge is 2.07. The van der Waals surface area contributed by atoms with Gasteiger partial charge in [-0.1, -0.05) is 6.58 Å². The zero-order valence-electron chi connectivity index (χ0n) is 9.06. The van der Waals surface area contributed by atoms with E-state index in [1.54, 1.807) is 20.0 Å². The molecule has 0 atom stereocenters. The maximum atomic E-state index is 10.5. The number of rotatable bonds is 3. The van der Waals surface area contributed by atoms with Gasteiger partial charge in [-0.05, 0) is 19.4 Å². The number of aliphatic imine (C=N–C) groups is 1.